The van der Waals surface area contributed by atoms with Crippen molar-refractivity contribution in [3.05, 3.63) is 55.1 Å². The maximum atomic E-state index is 13.7. The Morgan fingerprint density at radius 3 is 2.36 bits per heavy atom. The second-order valence-electron chi connectivity index (χ2n) is 12.0. The standard InChI is InChI=1S/C35H55N6O5P/c1-3-4-5-6-7-8-9-10-11-12-13-14-15-16-20-23-32(42)37-24-25-45-47(43,46-31-21-18-17-19-22-31)29-44-30(2)26-41-28-40-33-34(36)38-27-39-35(33)41/h10-11,17-19,21-22,27-28,30H,3-9,12-16,20,23-26,29H2,1-2H3,(H,37,42)(H2,36,38,39)/b11-10-/t30-,47?/m1/s1. The summed E-state index contributed by atoms with van der Waals surface area (Å²) in [7, 11) is -3.70. The van der Waals surface area contributed by atoms with Gasteiger partial charge in [0.1, 0.15) is 17.6 Å². The minimum atomic E-state index is -3.70. The van der Waals surface area contributed by atoms with Gasteiger partial charge in [-0.05, 0) is 51.2 Å². The molecule has 0 aliphatic carbocycles. The number of imidazole rings is 1. The van der Waals surface area contributed by atoms with Crippen LogP contribution in [0.4, 0.5) is 5.82 Å². The molecule has 1 unspecified atom stereocenters. The van der Waals surface area contributed by atoms with Gasteiger partial charge in [0.2, 0.25) is 5.91 Å². The van der Waals surface area contributed by atoms with Crippen LogP contribution in [0, 0.1) is 0 Å². The molecular weight excluding hydrogens is 615 g/mol. The molecule has 3 rings (SSSR count). The van der Waals surface area contributed by atoms with Crippen LogP contribution in [0.1, 0.15) is 104 Å². The van der Waals surface area contributed by atoms with Crippen LogP contribution in [-0.2, 0) is 25.2 Å². The second kappa shape index (κ2) is 22.3. The number of amides is 1. The first-order valence-corrected chi connectivity index (χ1v) is 19.1. The van der Waals surface area contributed by atoms with Gasteiger partial charge in [-0.1, -0.05) is 88.6 Å². The highest BCUT2D eigenvalue weighted by atomic mass is 31.2. The van der Waals surface area contributed by atoms with Crippen LogP contribution in [-0.4, -0.2) is 51.0 Å². The summed E-state index contributed by atoms with van der Waals surface area (Å²) in [4.78, 5) is 24.8. The molecule has 12 heteroatoms. The Kier molecular flexibility index (Phi) is 18.1. The third-order valence-electron chi connectivity index (χ3n) is 7.77. The Bertz CT molecular complexity index is 1370. The van der Waals surface area contributed by atoms with Gasteiger partial charge in [-0.3, -0.25) is 9.32 Å². The molecule has 260 valence electrons. The van der Waals surface area contributed by atoms with Crippen LogP contribution in [0.15, 0.2) is 55.1 Å². The molecule has 3 aromatic rings. The number of aromatic nitrogens is 4. The first-order chi connectivity index (χ1) is 22.9. The van der Waals surface area contributed by atoms with Crippen molar-refractivity contribution < 1.29 is 23.1 Å². The van der Waals surface area contributed by atoms with Gasteiger partial charge in [0, 0.05) is 13.0 Å². The Labute approximate surface area is 280 Å². The molecule has 1 amide bonds. The predicted octanol–water partition coefficient (Wildman–Crippen LogP) is 8.21. The lowest BCUT2D eigenvalue weighted by molar-refractivity contribution is -0.121. The first kappa shape index (κ1) is 38.2. The number of nitrogens with zero attached hydrogens (tertiary/aromatic N) is 4. The molecule has 2 heterocycles. The normalized spacial score (nSPS) is 13.6. The largest absolute Gasteiger partial charge is 0.423 e. The summed E-state index contributed by atoms with van der Waals surface area (Å²) in [5.41, 5.74) is 6.99. The van der Waals surface area contributed by atoms with Crippen molar-refractivity contribution in [2.75, 3.05) is 25.2 Å². The van der Waals surface area contributed by atoms with E-state index in [1.54, 1.807) is 35.2 Å². The van der Waals surface area contributed by atoms with Gasteiger partial charge >= 0.3 is 7.60 Å². The number of hydrogen-bond acceptors (Lipinski definition) is 9. The number of nitrogens with two attached hydrogens (primary N) is 1. The second-order valence-corrected chi connectivity index (χ2v) is 13.9. The lowest BCUT2D eigenvalue weighted by Gasteiger charge is -2.22. The van der Waals surface area contributed by atoms with Crippen LogP contribution in [0.3, 0.4) is 0 Å². The maximum absolute atomic E-state index is 13.7. The molecule has 0 bridgehead atoms. The molecule has 0 fully saturated rings. The van der Waals surface area contributed by atoms with E-state index in [0.717, 1.165) is 25.7 Å². The summed E-state index contributed by atoms with van der Waals surface area (Å²) >= 11 is 0. The molecule has 0 saturated carbocycles. The third-order valence-corrected chi connectivity index (χ3v) is 9.30. The van der Waals surface area contributed by atoms with Gasteiger partial charge in [0.05, 0.1) is 25.6 Å². The smallest absolute Gasteiger partial charge is 0.404 e. The molecule has 0 aliphatic rings. The summed E-state index contributed by atoms with van der Waals surface area (Å²) in [5, 5.41) is 2.86. The lowest BCUT2D eigenvalue weighted by atomic mass is 10.1. The lowest BCUT2D eigenvalue weighted by Crippen LogP contribution is -2.27. The number of unbranched alkanes of at least 4 members (excludes halogenated alkanes) is 11. The zero-order valence-electron chi connectivity index (χ0n) is 28.4. The Morgan fingerprint density at radius 1 is 0.957 bits per heavy atom. The van der Waals surface area contributed by atoms with Crippen molar-refractivity contribution in [3.63, 3.8) is 0 Å². The van der Waals surface area contributed by atoms with E-state index in [-0.39, 0.29) is 31.5 Å². The van der Waals surface area contributed by atoms with E-state index in [0.29, 0.717) is 35.7 Å². The average molecular weight is 671 g/mol. The number of allylic oxidation sites excluding steroid dienone is 2. The van der Waals surface area contributed by atoms with E-state index < -0.39 is 7.60 Å². The van der Waals surface area contributed by atoms with Crippen molar-refractivity contribution in [3.8, 4) is 5.75 Å². The highest BCUT2D eigenvalue weighted by molar-refractivity contribution is 7.54. The molecule has 0 spiro atoms. The number of carbonyl (C=O) groups excluding carboxylic acids is 1. The predicted molar refractivity (Wildman–Crippen MR) is 188 cm³/mol. The van der Waals surface area contributed by atoms with Crippen LogP contribution in [0.25, 0.3) is 11.2 Å². The van der Waals surface area contributed by atoms with Gasteiger partial charge in [-0.2, -0.15) is 0 Å². The van der Waals surface area contributed by atoms with E-state index in [1.165, 1.54) is 64.1 Å². The van der Waals surface area contributed by atoms with Gasteiger partial charge < -0.3 is 24.9 Å². The van der Waals surface area contributed by atoms with Gasteiger partial charge in [-0.15, -0.1) is 0 Å². The molecule has 11 nitrogen and oxygen atoms in total. The monoisotopic (exact) mass is 670 g/mol. The number of nitrogen functional groups attached to an aromatic ring is 1. The number of nitrogens with one attached hydrogen (secondary N) is 1. The summed E-state index contributed by atoms with van der Waals surface area (Å²) in [6.07, 6.45) is 23.3. The number of carbonyl (C=O) groups is 1. The summed E-state index contributed by atoms with van der Waals surface area (Å²) in [6.45, 7) is 4.75. The van der Waals surface area contributed by atoms with Crippen molar-refractivity contribution in [1.82, 2.24) is 24.8 Å². The summed E-state index contributed by atoms with van der Waals surface area (Å²) < 4.78 is 32.9. The van der Waals surface area contributed by atoms with Crippen LogP contribution in [0.2, 0.25) is 0 Å². The third kappa shape index (κ3) is 15.5. The maximum Gasteiger partial charge on any atom is 0.404 e. The number of hydrogen-bond donors (Lipinski definition) is 2. The van der Waals surface area contributed by atoms with Gasteiger partial charge in [0.25, 0.3) is 0 Å². The van der Waals surface area contributed by atoms with Crippen LogP contribution in [0.5, 0.6) is 5.75 Å². The topological polar surface area (TPSA) is 143 Å². The molecule has 2 atom stereocenters. The zero-order chi connectivity index (χ0) is 33.6. The van der Waals surface area contributed by atoms with E-state index in [2.05, 4.69) is 39.3 Å². The van der Waals surface area contributed by atoms with E-state index in [4.69, 9.17) is 19.5 Å². The fourth-order valence-corrected chi connectivity index (χ4v) is 6.56. The molecular formula is C35H55N6O5P. The number of benzene rings is 1. The average Bonchev–Trinajstić information content (AvgIpc) is 3.48. The molecule has 0 radical (unpaired) electrons. The first-order valence-electron chi connectivity index (χ1n) is 17.3. The number of fused-ring (bicyclic) bond motifs is 1. The van der Waals surface area contributed by atoms with Crippen LogP contribution >= 0.6 is 7.60 Å². The molecule has 0 saturated heterocycles. The van der Waals surface area contributed by atoms with Gasteiger partial charge in [-0.25, -0.2) is 19.5 Å². The van der Waals surface area contributed by atoms with E-state index in [9.17, 15) is 9.36 Å². The van der Waals surface area contributed by atoms with Crippen LogP contribution < -0.4 is 15.6 Å². The summed E-state index contributed by atoms with van der Waals surface area (Å²) in [5.74, 6) is 0.677. The van der Waals surface area contributed by atoms with E-state index in [1.807, 2.05) is 13.0 Å². The molecule has 0 aliphatic heterocycles. The fourth-order valence-electron chi connectivity index (χ4n) is 5.13. The number of anilines is 1. The minimum absolute atomic E-state index is 0.0301. The zero-order valence-corrected chi connectivity index (χ0v) is 29.3. The van der Waals surface area contributed by atoms with Crippen molar-refractivity contribution >= 4 is 30.5 Å². The van der Waals surface area contributed by atoms with Gasteiger partial charge in [0.15, 0.2) is 17.8 Å². The highest BCUT2D eigenvalue weighted by Gasteiger charge is 2.28. The number of para-hydroxylation sites is 1. The number of ether oxygens (including phenoxy) is 1. The molecule has 1 aromatic carbocycles. The SMILES string of the molecule is CCCCCCCC/C=C\CCCCCCCC(=O)NCCOP(=O)(CO[C@H](C)Cn1cnc2c(N)ncnc21)Oc1ccccc1. The Morgan fingerprint density at radius 2 is 1.64 bits per heavy atom. The minimum Gasteiger partial charge on any atom is -0.423 e. The van der Waals surface area contributed by atoms with Crippen molar-refractivity contribution in [1.29, 1.82) is 0 Å². The highest BCUT2D eigenvalue weighted by Crippen LogP contribution is 2.48. The molecule has 2 aromatic heterocycles. The Hall–Kier alpha value is -3.27. The quantitative estimate of drug-likeness (QED) is 0.0490. The Balaban J connectivity index is 1.29. The van der Waals surface area contributed by atoms with Crippen molar-refractivity contribution in [2.45, 2.75) is 116 Å². The number of rotatable bonds is 26. The van der Waals surface area contributed by atoms with Crippen molar-refractivity contribution in [2.24, 2.45) is 0 Å². The molecule has 3 N–H and O–H groups in total. The van der Waals surface area contributed by atoms with E-state index >= 15 is 0 Å². The molecule has 47 heavy (non-hydrogen) atoms. The fraction of sp³-hybridized carbons (Fsp3) is 0.600. The summed E-state index contributed by atoms with van der Waals surface area (Å²) in [6, 6.07) is 8.83.